The third-order valence-electron chi connectivity index (χ3n) is 10.6. The highest BCUT2D eigenvalue weighted by atomic mass is 16.6. The maximum Gasteiger partial charge on any atom is 0.176 e. The molecule has 2 unspecified atom stereocenters. The molecule has 286 valence electrons. The molecule has 0 saturated heterocycles. The molecule has 1 heterocycles. The number of likely N-dealkylation sites (N-methyl/N-ethyl adjacent to an activating group) is 2. The zero-order valence-electron chi connectivity index (χ0n) is 33.2. The van der Waals surface area contributed by atoms with Crippen LogP contribution in [-0.2, 0) is 4.74 Å². The fraction of sp³-hybridized carbons (Fsp3) is 0.864. The average Bonchev–Trinajstić information content (AvgIpc) is 3.11. The topological polar surface area (TPSA) is 34.2 Å². The van der Waals surface area contributed by atoms with Crippen molar-refractivity contribution >= 4 is 0 Å². The molecule has 1 aromatic carbocycles. The maximum absolute atomic E-state index is 6.53. The molecule has 2 rings (SSSR count). The molecule has 1 aliphatic heterocycles. The Kier molecular flexibility index (Phi) is 28.1. The van der Waals surface area contributed by atoms with E-state index in [1.165, 1.54) is 167 Å². The Hall–Kier alpha value is -1.30. The van der Waals surface area contributed by atoms with Crippen molar-refractivity contribution in [1.82, 2.24) is 9.80 Å². The number of hydrogen-bond acceptors (Lipinski definition) is 5. The number of fused-ring (bicyclic) bond motifs is 2. The van der Waals surface area contributed by atoms with Gasteiger partial charge in [-0.1, -0.05) is 188 Å². The van der Waals surface area contributed by atoms with Gasteiger partial charge in [0, 0.05) is 19.2 Å². The van der Waals surface area contributed by atoms with Gasteiger partial charge in [0.1, 0.15) is 11.5 Å². The van der Waals surface area contributed by atoms with Gasteiger partial charge in [0.15, 0.2) is 12.5 Å². The highest BCUT2D eigenvalue weighted by Gasteiger charge is 2.25. The van der Waals surface area contributed by atoms with Crippen LogP contribution in [0.25, 0.3) is 0 Å². The van der Waals surface area contributed by atoms with Gasteiger partial charge in [-0.05, 0) is 38.1 Å². The van der Waals surface area contributed by atoms with E-state index in [0.717, 1.165) is 37.7 Å². The maximum atomic E-state index is 6.53. The Balaban J connectivity index is 1.68. The van der Waals surface area contributed by atoms with Gasteiger partial charge < -0.3 is 14.2 Å². The van der Waals surface area contributed by atoms with Crippen molar-refractivity contribution in [2.45, 2.75) is 207 Å². The van der Waals surface area contributed by atoms with Crippen LogP contribution in [0.1, 0.15) is 195 Å². The number of rotatable bonds is 32. The van der Waals surface area contributed by atoms with Crippen LogP contribution in [0.4, 0.5) is 0 Å². The van der Waals surface area contributed by atoms with Crippen molar-refractivity contribution in [3.05, 3.63) is 24.3 Å². The van der Waals surface area contributed by atoms with E-state index < -0.39 is 0 Å². The second-order valence-corrected chi connectivity index (χ2v) is 14.9. The van der Waals surface area contributed by atoms with Crippen molar-refractivity contribution in [1.29, 1.82) is 0 Å². The summed E-state index contributed by atoms with van der Waals surface area (Å²) in [6, 6.07) is 8.25. The van der Waals surface area contributed by atoms with E-state index in [4.69, 9.17) is 14.2 Å². The molecule has 0 radical (unpaired) electrons. The fourth-order valence-electron chi connectivity index (χ4n) is 7.31. The lowest BCUT2D eigenvalue weighted by molar-refractivity contribution is -0.0875. The van der Waals surface area contributed by atoms with Gasteiger partial charge in [-0.15, -0.1) is 0 Å². The van der Waals surface area contributed by atoms with E-state index in [1.807, 2.05) is 0 Å². The molecule has 49 heavy (non-hydrogen) atoms. The first-order valence-corrected chi connectivity index (χ1v) is 21.7. The van der Waals surface area contributed by atoms with Gasteiger partial charge in [0.05, 0.1) is 13.2 Å². The summed E-state index contributed by atoms with van der Waals surface area (Å²) in [5.74, 6) is 1.74. The molecular weight excluding hydrogens is 604 g/mol. The van der Waals surface area contributed by atoms with Crippen molar-refractivity contribution in [3.63, 3.8) is 0 Å². The molecule has 0 fully saturated rings. The third kappa shape index (κ3) is 22.3. The molecule has 0 aliphatic carbocycles. The van der Waals surface area contributed by atoms with E-state index in [1.54, 1.807) is 0 Å². The van der Waals surface area contributed by atoms with Crippen molar-refractivity contribution in [2.75, 3.05) is 39.4 Å². The second kappa shape index (κ2) is 31.4. The van der Waals surface area contributed by atoms with Gasteiger partial charge >= 0.3 is 0 Å². The zero-order valence-corrected chi connectivity index (χ0v) is 33.2. The average molecular weight is 687 g/mol. The summed E-state index contributed by atoms with van der Waals surface area (Å²) in [6.45, 7) is 14.3. The standard InChI is InChI=1S/C44H82N2O3/c1-5-9-11-13-15-17-19-21-23-25-27-29-31-36-45(7-3)43-39-47-40-44(49-42-35-33-34-41(38-42)48-43)46(8-4)37-32-30-28-26-24-22-20-18-16-14-12-10-6-2/h33-35,38,43-44H,5-32,36-37,39-40H2,1-4H3. The van der Waals surface area contributed by atoms with E-state index in [0.29, 0.717) is 13.2 Å². The Morgan fingerprint density at radius 1 is 0.449 bits per heavy atom. The summed E-state index contributed by atoms with van der Waals surface area (Å²) in [6.07, 6.45) is 35.9. The predicted molar refractivity (Wildman–Crippen MR) is 212 cm³/mol. The van der Waals surface area contributed by atoms with Crippen LogP contribution in [0.3, 0.4) is 0 Å². The SMILES string of the molecule is CCCCCCCCCCCCCCCN(CC)C1COCC(N(CC)CCCCCCCCCCCCCCC)Oc2cccc(c2)O1. The lowest BCUT2D eigenvalue weighted by Crippen LogP contribution is -2.47. The molecule has 0 amide bonds. The highest BCUT2D eigenvalue weighted by molar-refractivity contribution is 5.33. The summed E-state index contributed by atoms with van der Waals surface area (Å²) in [4.78, 5) is 4.93. The van der Waals surface area contributed by atoms with Crippen LogP contribution in [0.5, 0.6) is 11.5 Å². The monoisotopic (exact) mass is 687 g/mol. The number of nitrogens with zero attached hydrogens (tertiary/aromatic N) is 2. The zero-order chi connectivity index (χ0) is 35.0. The summed E-state index contributed by atoms with van der Waals surface area (Å²) in [5, 5.41) is 0. The molecule has 1 aliphatic rings. The molecule has 0 spiro atoms. The summed E-state index contributed by atoms with van der Waals surface area (Å²) in [7, 11) is 0. The Morgan fingerprint density at radius 2 is 0.755 bits per heavy atom. The minimum atomic E-state index is -0.0764. The van der Waals surface area contributed by atoms with Gasteiger partial charge in [-0.2, -0.15) is 0 Å². The Labute approximate surface area is 305 Å². The molecule has 2 atom stereocenters. The quantitative estimate of drug-likeness (QED) is 0.0705. The number of hydrogen-bond donors (Lipinski definition) is 0. The predicted octanol–water partition coefficient (Wildman–Crippen LogP) is 13.0. The smallest absolute Gasteiger partial charge is 0.176 e. The Bertz CT molecular complexity index is 788. The lowest BCUT2D eigenvalue weighted by Gasteiger charge is -2.35. The summed E-state index contributed by atoms with van der Waals surface area (Å²) >= 11 is 0. The first kappa shape index (κ1) is 43.9. The molecule has 5 heteroatoms. The third-order valence-corrected chi connectivity index (χ3v) is 10.6. The fourth-order valence-corrected chi connectivity index (χ4v) is 7.31. The highest BCUT2D eigenvalue weighted by Crippen LogP contribution is 2.25. The van der Waals surface area contributed by atoms with E-state index in [-0.39, 0.29) is 12.5 Å². The van der Waals surface area contributed by atoms with Gasteiger partial charge in [0.25, 0.3) is 0 Å². The van der Waals surface area contributed by atoms with Crippen LogP contribution >= 0.6 is 0 Å². The normalized spacial score (nSPS) is 16.6. The largest absolute Gasteiger partial charge is 0.473 e. The van der Waals surface area contributed by atoms with Crippen molar-refractivity contribution in [2.24, 2.45) is 0 Å². The van der Waals surface area contributed by atoms with Gasteiger partial charge in [-0.3, -0.25) is 9.80 Å². The van der Waals surface area contributed by atoms with E-state index >= 15 is 0 Å². The summed E-state index contributed by atoms with van der Waals surface area (Å²) < 4.78 is 19.5. The van der Waals surface area contributed by atoms with Gasteiger partial charge in [0.2, 0.25) is 0 Å². The van der Waals surface area contributed by atoms with Crippen LogP contribution in [0, 0.1) is 0 Å². The lowest BCUT2D eigenvalue weighted by atomic mass is 10.0. The van der Waals surface area contributed by atoms with Crippen LogP contribution in [-0.4, -0.2) is 61.6 Å². The first-order chi connectivity index (χ1) is 24.2. The van der Waals surface area contributed by atoms with Crippen molar-refractivity contribution < 1.29 is 14.2 Å². The Morgan fingerprint density at radius 3 is 1.06 bits per heavy atom. The van der Waals surface area contributed by atoms with E-state index in [2.05, 4.69) is 61.8 Å². The molecule has 2 bridgehead atoms. The molecular formula is C44H82N2O3. The minimum absolute atomic E-state index is 0.0764. The van der Waals surface area contributed by atoms with Crippen LogP contribution in [0.2, 0.25) is 0 Å². The molecule has 0 N–H and O–H groups in total. The molecule has 0 saturated carbocycles. The van der Waals surface area contributed by atoms with E-state index in [9.17, 15) is 0 Å². The minimum Gasteiger partial charge on any atom is -0.473 e. The first-order valence-electron chi connectivity index (χ1n) is 21.7. The molecule has 5 nitrogen and oxygen atoms in total. The van der Waals surface area contributed by atoms with Crippen molar-refractivity contribution in [3.8, 4) is 11.5 Å². The van der Waals surface area contributed by atoms with Gasteiger partial charge in [-0.25, -0.2) is 0 Å². The van der Waals surface area contributed by atoms with Crippen LogP contribution in [0.15, 0.2) is 24.3 Å². The number of ether oxygens (including phenoxy) is 3. The molecule has 0 aromatic heterocycles. The molecule has 1 aromatic rings. The number of benzene rings is 1. The van der Waals surface area contributed by atoms with Crippen LogP contribution < -0.4 is 9.47 Å². The summed E-state index contributed by atoms with van der Waals surface area (Å²) in [5.41, 5.74) is 0. The second-order valence-electron chi connectivity index (χ2n) is 14.9. The number of unbranched alkanes of at least 4 members (excludes halogenated alkanes) is 24.